The van der Waals surface area contributed by atoms with Gasteiger partial charge in [0.1, 0.15) is 0 Å². The maximum atomic E-state index is 12.0. The predicted molar refractivity (Wildman–Crippen MR) is 83.9 cm³/mol. The first-order valence-electron chi connectivity index (χ1n) is 6.67. The highest BCUT2D eigenvalue weighted by Gasteiger charge is 2.39. The van der Waals surface area contributed by atoms with Gasteiger partial charge in [-0.15, -0.1) is 11.8 Å². The smallest absolute Gasteiger partial charge is 0.336 e. The molecule has 1 unspecified atom stereocenters. The number of sulfone groups is 1. The molecule has 1 atom stereocenters. The Bertz CT molecular complexity index is 701. The fraction of sp³-hybridized carbons (Fsp3) is 0.429. The highest BCUT2D eigenvalue weighted by atomic mass is 32.2. The lowest BCUT2D eigenvalue weighted by Crippen LogP contribution is -2.47. The summed E-state index contributed by atoms with van der Waals surface area (Å²) < 4.78 is 23.0. The van der Waals surface area contributed by atoms with Crippen LogP contribution in [0.1, 0.15) is 23.7 Å². The van der Waals surface area contributed by atoms with Gasteiger partial charge in [-0.25, -0.2) is 13.2 Å². The van der Waals surface area contributed by atoms with Crippen LogP contribution in [0.25, 0.3) is 0 Å². The summed E-state index contributed by atoms with van der Waals surface area (Å²) >= 11 is 1.12. The number of rotatable bonds is 5. The molecule has 2 rings (SSSR count). The first-order valence-corrected chi connectivity index (χ1v) is 9.48. The minimum absolute atomic E-state index is 0.0416. The van der Waals surface area contributed by atoms with E-state index in [9.17, 15) is 18.0 Å². The van der Waals surface area contributed by atoms with Crippen molar-refractivity contribution >= 4 is 33.5 Å². The number of aromatic carboxylic acids is 1. The van der Waals surface area contributed by atoms with Gasteiger partial charge in [-0.05, 0) is 25.5 Å². The van der Waals surface area contributed by atoms with Crippen LogP contribution in [0, 0.1) is 0 Å². The van der Waals surface area contributed by atoms with Crippen LogP contribution >= 0.6 is 11.8 Å². The Hall–Kier alpha value is -1.54. The fourth-order valence-corrected chi connectivity index (χ4v) is 5.33. The molecule has 1 fully saturated rings. The van der Waals surface area contributed by atoms with Crippen LogP contribution in [0.2, 0.25) is 0 Å². The van der Waals surface area contributed by atoms with Gasteiger partial charge in [0.25, 0.3) is 0 Å². The monoisotopic (exact) mass is 343 g/mol. The molecular formula is C14H17NO5S2. The zero-order valence-corrected chi connectivity index (χ0v) is 13.7. The maximum absolute atomic E-state index is 12.0. The number of thioether (sulfide) groups is 1. The van der Waals surface area contributed by atoms with Gasteiger partial charge in [-0.3, -0.25) is 4.79 Å². The molecule has 22 heavy (non-hydrogen) atoms. The molecule has 1 aromatic rings. The number of carboxylic acids is 1. The summed E-state index contributed by atoms with van der Waals surface area (Å²) in [5.41, 5.74) is -0.585. The predicted octanol–water partition coefficient (Wildman–Crippen LogP) is 1.17. The lowest BCUT2D eigenvalue weighted by atomic mass is 10.0. The van der Waals surface area contributed by atoms with Crippen molar-refractivity contribution in [2.45, 2.75) is 23.8 Å². The van der Waals surface area contributed by atoms with E-state index in [1.54, 1.807) is 25.1 Å². The standard InChI is InChI=1S/C14H17NO5S2/c1-14(6-7-22(19,20)9-14)15-12(16)8-21-11-5-3-2-4-10(11)13(17)18/h2-5H,6-9H2,1H3,(H,15,16)(H,17,18). The van der Waals surface area contributed by atoms with Crippen molar-refractivity contribution in [3.8, 4) is 0 Å². The molecule has 0 aliphatic carbocycles. The van der Waals surface area contributed by atoms with Crippen LogP contribution < -0.4 is 5.32 Å². The molecule has 0 radical (unpaired) electrons. The second-order valence-corrected chi connectivity index (χ2v) is 8.74. The highest BCUT2D eigenvalue weighted by Crippen LogP contribution is 2.25. The van der Waals surface area contributed by atoms with Crippen molar-refractivity contribution in [2.24, 2.45) is 0 Å². The molecule has 1 amide bonds. The summed E-state index contributed by atoms with van der Waals surface area (Å²) in [6.45, 7) is 1.71. The number of amides is 1. The molecule has 1 aromatic carbocycles. The van der Waals surface area contributed by atoms with E-state index >= 15 is 0 Å². The van der Waals surface area contributed by atoms with Crippen LogP contribution in [-0.2, 0) is 14.6 Å². The SMILES string of the molecule is CC1(NC(=O)CSc2ccccc2C(=O)O)CCS(=O)(=O)C1. The number of carbonyl (C=O) groups excluding carboxylic acids is 1. The van der Waals surface area contributed by atoms with Crippen LogP contribution in [0.15, 0.2) is 29.2 Å². The van der Waals surface area contributed by atoms with E-state index in [0.717, 1.165) is 11.8 Å². The van der Waals surface area contributed by atoms with Crippen LogP contribution in [0.3, 0.4) is 0 Å². The molecule has 0 aromatic heterocycles. The van der Waals surface area contributed by atoms with Gasteiger partial charge in [-0.1, -0.05) is 12.1 Å². The van der Waals surface area contributed by atoms with Crippen molar-refractivity contribution in [1.29, 1.82) is 0 Å². The lowest BCUT2D eigenvalue weighted by molar-refractivity contribution is -0.120. The van der Waals surface area contributed by atoms with E-state index in [-0.39, 0.29) is 28.7 Å². The van der Waals surface area contributed by atoms with Gasteiger partial charge in [0.15, 0.2) is 9.84 Å². The van der Waals surface area contributed by atoms with Crippen molar-refractivity contribution in [3.05, 3.63) is 29.8 Å². The quantitative estimate of drug-likeness (QED) is 0.779. The Labute approximate surface area is 133 Å². The van der Waals surface area contributed by atoms with E-state index in [1.165, 1.54) is 6.07 Å². The Morgan fingerprint density at radius 1 is 1.36 bits per heavy atom. The number of benzene rings is 1. The summed E-state index contributed by atoms with van der Waals surface area (Å²) in [4.78, 5) is 23.6. The third-order valence-corrected chi connectivity index (χ3v) is 6.40. The van der Waals surface area contributed by atoms with E-state index in [4.69, 9.17) is 5.11 Å². The largest absolute Gasteiger partial charge is 0.478 e. The minimum Gasteiger partial charge on any atom is -0.478 e. The van der Waals surface area contributed by atoms with Crippen molar-refractivity contribution in [3.63, 3.8) is 0 Å². The molecule has 0 saturated carbocycles. The van der Waals surface area contributed by atoms with Crippen LogP contribution in [0.5, 0.6) is 0 Å². The fourth-order valence-electron chi connectivity index (χ4n) is 2.39. The zero-order chi connectivity index (χ0) is 16.4. The molecule has 0 spiro atoms. The Morgan fingerprint density at radius 3 is 2.64 bits per heavy atom. The first kappa shape index (κ1) is 16.8. The molecule has 8 heteroatoms. The average Bonchev–Trinajstić information content (AvgIpc) is 2.70. The summed E-state index contributed by atoms with van der Waals surface area (Å²) in [7, 11) is -3.08. The van der Waals surface area contributed by atoms with E-state index < -0.39 is 21.3 Å². The Balaban J connectivity index is 1.96. The second kappa shape index (κ2) is 6.29. The zero-order valence-electron chi connectivity index (χ0n) is 12.0. The second-order valence-electron chi connectivity index (χ2n) is 5.54. The molecule has 6 nitrogen and oxygen atoms in total. The van der Waals surface area contributed by atoms with Crippen molar-refractivity contribution in [2.75, 3.05) is 17.3 Å². The van der Waals surface area contributed by atoms with Crippen LogP contribution in [-0.4, -0.2) is 48.2 Å². The number of carbonyl (C=O) groups is 2. The molecular weight excluding hydrogens is 326 g/mol. The van der Waals surface area contributed by atoms with Crippen molar-refractivity contribution < 1.29 is 23.1 Å². The molecule has 1 aliphatic heterocycles. The van der Waals surface area contributed by atoms with Gasteiger partial charge in [-0.2, -0.15) is 0 Å². The number of nitrogens with one attached hydrogen (secondary N) is 1. The number of carboxylic acid groups (broad SMARTS) is 1. The minimum atomic E-state index is -3.08. The van der Waals surface area contributed by atoms with Gasteiger partial charge < -0.3 is 10.4 Å². The third kappa shape index (κ3) is 4.23. The molecule has 0 bridgehead atoms. The normalized spacial score (nSPS) is 23.1. The summed E-state index contributed by atoms with van der Waals surface area (Å²) in [6.07, 6.45) is 0.400. The molecule has 1 saturated heterocycles. The van der Waals surface area contributed by atoms with Crippen LogP contribution in [0.4, 0.5) is 0 Å². The van der Waals surface area contributed by atoms with Gasteiger partial charge in [0, 0.05) is 4.90 Å². The summed E-state index contributed by atoms with van der Waals surface area (Å²) in [5.74, 6) is -1.27. The number of hydrogen-bond donors (Lipinski definition) is 2. The van der Waals surface area contributed by atoms with E-state index in [2.05, 4.69) is 5.32 Å². The van der Waals surface area contributed by atoms with Gasteiger partial charge >= 0.3 is 5.97 Å². The average molecular weight is 343 g/mol. The molecule has 2 N–H and O–H groups in total. The summed E-state index contributed by atoms with van der Waals surface area (Å²) in [5, 5.41) is 11.8. The molecule has 1 aliphatic rings. The van der Waals surface area contributed by atoms with E-state index in [0.29, 0.717) is 11.3 Å². The Kier molecular flexibility index (Phi) is 4.81. The highest BCUT2D eigenvalue weighted by molar-refractivity contribution is 8.00. The molecule has 1 heterocycles. The van der Waals surface area contributed by atoms with Gasteiger partial charge in [0.2, 0.25) is 5.91 Å². The van der Waals surface area contributed by atoms with Gasteiger partial charge in [0.05, 0.1) is 28.4 Å². The summed E-state index contributed by atoms with van der Waals surface area (Å²) in [6, 6.07) is 6.45. The van der Waals surface area contributed by atoms with Crippen molar-refractivity contribution in [1.82, 2.24) is 5.32 Å². The first-order chi connectivity index (χ1) is 10.2. The maximum Gasteiger partial charge on any atom is 0.336 e. The Morgan fingerprint density at radius 2 is 2.05 bits per heavy atom. The number of hydrogen-bond acceptors (Lipinski definition) is 5. The lowest BCUT2D eigenvalue weighted by Gasteiger charge is -2.23. The van der Waals surface area contributed by atoms with E-state index in [1.807, 2.05) is 0 Å². The molecule has 120 valence electrons. The third-order valence-electron chi connectivity index (χ3n) is 3.42. The topological polar surface area (TPSA) is 101 Å².